The van der Waals surface area contributed by atoms with Crippen molar-refractivity contribution in [1.82, 2.24) is 0 Å². The zero-order valence-electron chi connectivity index (χ0n) is 9.03. The van der Waals surface area contributed by atoms with E-state index in [4.69, 9.17) is 0 Å². The van der Waals surface area contributed by atoms with Crippen molar-refractivity contribution in [3.63, 3.8) is 0 Å². The molecule has 0 aliphatic carbocycles. The lowest BCUT2D eigenvalue weighted by molar-refractivity contribution is 0.0712. The van der Waals surface area contributed by atoms with E-state index in [9.17, 15) is 10.2 Å². The summed E-state index contributed by atoms with van der Waals surface area (Å²) < 4.78 is 1.04. The average Bonchev–Trinajstić information content (AvgIpc) is 2.02. The lowest BCUT2D eigenvalue weighted by Gasteiger charge is -2.18. The summed E-state index contributed by atoms with van der Waals surface area (Å²) >= 11 is 2.15. The summed E-state index contributed by atoms with van der Waals surface area (Å²) in [6.07, 6.45) is 0.0441. The zero-order valence-corrected chi connectivity index (χ0v) is 11.2. The summed E-state index contributed by atoms with van der Waals surface area (Å²) in [5.41, 5.74) is 0.621. The fraction of sp³-hybridized carbons (Fsp3) is 0.700. The fourth-order valence-electron chi connectivity index (χ4n) is 0.978. The third-order valence-corrected chi connectivity index (χ3v) is 2.02. The molecular weight excluding hydrogens is 293 g/mol. The lowest BCUT2D eigenvalue weighted by Crippen LogP contribution is -2.34. The molecule has 0 radical (unpaired) electrons. The second kappa shape index (κ2) is 6.53. The number of hydrogen-bond acceptors (Lipinski definition) is 3. The molecule has 0 saturated heterocycles. The largest absolute Gasteiger partial charge is 0.390 e. The van der Waals surface area contributed by atoms with Crippen LogP contribution in [-0.4, -0.2) is 28.1 Å². The van der Waals surface area contributed by atoms with Crippen LogP contribution in [0.15, 0.2) is 14.8 Å². The maximum absolute atomic E-state index is 9.66. The molecule has 2 unspecified atom stereocenters. The Labute approximate surface area is 99.1 Å². The minimum absolute atomic E-state index is 0.131. The Balaban J connectivity index is 4.77. The van der Waals surface area contributed by atoms with E-state index < -0.39 is 12.2 Å². The Morgan fingerprint density at radius 2 is 1.79 bits per heavy atom. The summed E-state index contributed by atoms with van der Waals surface area (Å²) in [6.45, 7) is 7.38. The Kier molecular flexibility index (Phi) is 6.55. The van der Waals surface area contributed by atoms with Crippen LogP contribution >= 0.6 is 22.6 Å². The molecule has 2 atom stereocenters. The molecule has 0 aliphatic rings. The van der Waals surface area contributed by atoms with E-state index in [1.165, 1.54) is 0 Å². The van der Waals surface area contributed by atoms with Gasteiger partial charge in [-0.3, -0.25) is 4.99 Å². The number of hydrogen-bond donors (Lipinski definition) is 2. The molecule has 0 heterocycles. The van der Waals surface area contributed by atoms with E-state index in [-0.39, 0.29) is 5.92 Å². The van der Waals surface area contributed by atoms with E-state index in [0.717, 1.165) is 3.58 Å². The molecule has 0 spiro atoms. The molecule has 0 aliphatic heterocycles. The molecule has 3 nitrogen and oxygen atoms in total. The van der Waals surface area contributed by atoms with Gasteiger partial charge in [-0.05, 0) is 42.4 Å². The summed E-state index contributed by atoms with van der Waals surface area (Å²) in [5, 5.41) is 18.9. The molecule has 14 heavy (non-hydrogen) atoms. The number of aliphatic hydroxyl groups is 2. The van der Waals surface area contributed by atoms with Crippen LogP contribution in [0.5, 0.6) is 0 Å². The third-order valence-electron chi connectivity index (χ3n) is 1.74. The Morgan fingerprint density at radius 1 is 1.29 bits per heavy atom. The van der Waals surface area contributed by atoms with Crippen molar-refractivity contribution >= 4 is 28.3 Å². The van der Waals surface area contributed by atoms with Gasteiger partial charge in [0.25, 0.3) is 0 Å². The van der Waals surface area contributed by atoms with Gasteiger partial charge in [0.2, 0.25) is 0 Å². The van der Waals surface area contributed by atoms with Crippen LogP contribution in [0.3, 0.4) is 0 Å². The maximum atomic E-state index is 9.66. The van der Waals surface area contributed by atoms with Gasteiger partial charge in [-0.25, -0.2) is 0 Å². The Morgan fingerprint density at radius 3 is 2.07 bits per heavy atom. The van der Waals surface area contributed by atoms with Gasteiger partial charge >= 0.3 is 0 Å². The monoisotopic (exact) mass is 311 g/mol. The minimum Gasteiger partial charge on any atom is -0.390 e. The maximum Gasteiger partial charge on any atom is 0.118 e. The van der Waals surface area contributed by atoms with E-state index in [1.54, 1.807) is 13.1 Å². The van der Waals surface area contributed by atoms with Gasteiger partial charge in [-0.2, -0.15) is 0 Å². The molecule has 0 rings (SSSR count). The van der Waals surface area contributed by atoms with Crippen LogP contribution in [0, 0.1) is 5.92 Å². The van der Waals surface area contributed by atoms with E-state index in [2.05, 4.69) is 27.6 Å². The van der Waals surface area contributed by atoms with E-state index in [0.29, 0.717) is 5.71 Å². The molecule has 0 aromatic carbocycles. The second-order valence-electron chi connectivity index (χ2n) is 3.61. The van der Waals surface area contributed by atoms with E-state index >= 15 is 0 Å². The topological polar surface area (TPSA) is 52.8 Å². The highest BCUT2D eigenvalue weighted by molar-refractivity contribution is 14.1. The number of halogens is 1. The molecule has 0 fully saturated rings. The minimum atomic E-state index is -0.873. The summed E-state index contributed by atoms with van der Waals surface area (Å²) in [4.78, 5) is 4.18. The van der Waals surface area contributed by atoms with Crippen molar-refractivity contribution in [3.8, 4) is 0 Å². The standard InChI is InChI=1S/C10H18INO2/c1-6(2)9(10(14)8(4)13)12-5-7(3)11/h5-6,8,10,13-14H,1-4H3/b7-5+,12-9-. The third kappa shape index (κ3) is 5.07. The van der Waals surface area contributed by atoms with Gasteiger partial charge in [0.15, 0.2) is 0 Å². The van der Waals surface area contributed by atoms with Crippen LogP contribution in [0.4, 0.5) is 0 Å². The summed E-state index contributed by atoms with van der Waals surface area (Å²) in [6, 6.07) is 0. The SMILES string of the molecule is C/C(I)=C\N=C(\C(C)C)C(O)C(C)O. The molecule has 82 valence electrons. The summed E-state index contributed by atoms with van der Waals surface area (Å²) in [7, 11) is 0. The van der Waals surface area contributed by atoms with Crippen LogP contribution in [0.1, 0.15) is 27.7 Å². The fourth-order valence-corrected chi connectivity index (χ4v) is 1.12. The van der Waals surface area contributed by atoms with Crippen molar-refractivity contribution in [2.24, 2.45) is 10.9 Å². The van der Waals surface area contributed by atoms with Crippen LogP contribution < -0.4 is 0 Å². The first-order chi connectivity index (χ1) is 6.36. The molecule has 2 N–H and O–H groups in total. The van der Waals surface area contributed by atoms with Gasteiger partial charge in [0.1, 0.15) is 6.10 Å². The van der Waals surface area contributed by atoms with E-state index in [1.807, 2.05) is 20.8 Å². The molecule has 4 heteroatoms. The molecule has 0 saturated carbocycles. The predicted molar refractivity (Wildman–Crippen MR) is 67.7 cm³/mol. The van der Waals surface area contributed by atoms with Crippen molar-refractivity contribution in [1.29, 1.82) is 0 Å². The first-order valence-electron chi connectivity index (χ1n) is 4.62. The normalized spacial score (nSPS) is 18.6. The van der Waals surface area contributed by atoms with Crippen molar-refractivity contribution < 1.29 is 10.2 Å². The number of aliphatic imine (C=N–C) groups is 1. The highest BCUT2D eigenvalue weighted by Gasteiger charge is 2.20. The quantitative estimate of drug-likeness (QED) is 0.617. The highest BCUT2D eigenvalue weighted by Crippen LogP contribution is 2.09. The first kappa shape index (κ1) is 14.1. The van der Waals surface area contributed by atoms with Crippen LogP contribution in [-0.2, 0) is 0 Å². The van der Waals surface area contributed by atoms with Crippen molar-refractivity contribution in [3.05, 3.63) is 9.78 Å². The van der Waals surface area contributed by atoms with Gasteiger partial charge < -0.3 is 10.2 Å². The van der Waals surface area contributed by atoms with Crippen LogP contribution in [0.2, 0.25) is 0 Å². The first-order valence-corrected chi connectivity index (χ1v) is 5.70. The molecular formula is C10H18INO2. The second-order valence-corrected chi connectivity index (χ2v) is 5.31. The Bertz CT molecular complexity index is 230. The van der Waals surface area contributed by atoms with Gasteiger partial charge in [-0.15, -0.1) is 0 Å². The molecule has 0 bridgehead atoms. The number of nitrogens with zero attached hydrogens (tertiary/aromatic N) is 1. The van der Waals surface area contributed by atoms with Crippen molar-refractivity contribution in [2.75, 3.05) is 0 Å². The smallest absolute Gasteiger partial charge is 0.118 e. The Hall–Kier alpha value is 0.0600. The van der Waals surface area contributed by atoms with Crippen LogP contribution in [0.25, 0.3) is 0 Å². The molecule has 0 aromatic heterocycles. The number of allylic oxidation sites excluding steroid dienone is 1. The van der Waals surface area contributed by atoms with Gasteiger partial charge in [0, 0.05) is 9.78 Å². The van der Waals surface area contributed by atoms with Gasteiger partial charge in [0.05, 0.1) is 11.8 Å². The van der Waals surface area contributed by atoms with Crippen molar-refractivity contribution in [2.45, 2.75) is 39.9 Å². The lowest BCUT2D eigenvalue weighted by atomic mass is 9.99. The summed E-state index contributed by atoms with van der Waals surface area (Å²) in [5.74, 6) is 0.131. The number of rotatable bonds is 4. The predicted octanol–water partition coefficient (Wildman–Crippen LogP) is 2.12. The highest BCUT2D eigenvalue weighted by atomic mass is 127. The molecule has 0 aromatic rings. The molecule has 0 amide bonds. The van der Waals surface area contributed by atoms with Gasteiger partial charge in [-0.1, -0.05) is 13.8 Å². The number of aliphatic hydroxyl groups excluding tert-OH is 2. The average molecular weight is 311 g/mol. The zero-order chi connectivity index (χ0) is 11.3.